The zero-order chi connectivity index (χ0) is 22.6. The molecule has 4 nitrogen and oxygen atoms in total. The van der Waals surface area contributed by atoms with E-state index < -0.39 is 0 Å². The summed E-state index contributed by atoms with van der Waals surface area (Å²) in [5.74, 6) is 1.18. The molecule has 0 N–H and O–H groups in total. The lowest BCUT2D eigenvalue weighted by Crippen LogP contribution is -2.05. The summed E-state index contributed by atoms with van der Waals surface area (Å²) >= 11 is 0. The number of para-hydroxylation sites is 1. The molecular formula is C29H25NO3. The third-order valence-corrected chi connectivity index (χ3v) is 5.78. The summed E-state index contributed by atoms with van der Waals surface area (Å²) in [6.45, 7) is 3.05. The van der Waals surface area contributed by atoms with Crippen LogP contribution < -0.4 is 9.47 Å². The number of hydrogen-bond donors (Lipinski definition) is 0. The Bertz CT molecular complexity index is 1400. The summed E-state index contributed by atoms with van der Waals surface area (Å²) in [6.07, 6.45) is 0.347. The molecule has 0 unspecified atom stereocenters. The van der Waals surface area contributed by atoms with E-state index in [2.05, 4.69) is 53.1 Å². The third-order valence-electron chi connectivity index (χ3n) is 5.78. The first-order valence-corrected chi connectivity index (χ1v) is 11.2. The van der Waals surface area contributed by atoms with Crippen LogP contribution in [0.25, 0.3) is 21.8 Å². The molecule has 0 radical (unpaired) electrons. The highest BCUT2D eigenvalue weighted by atomic mass is 16.5. The molecule has 0 saturated carbocycles. The highest BCUT2D eigenvalue weighted by molar-refractivity contribution is 6.08. The largest absolute Gasteiger partial charge is 0.489 e. The Morgan fingerprint density at radius 3 is 2.21 bits per heavy atom. The van der Waals surface area contributed by atoms with E-state index in [0.29, 0.717) is 25.3 Å². The number of rotatable bonds is 7. The fraction of sp³-hybridized carbons (Fsp3) is 0.138. The maximum absolute atomic E-state index is 11.8. The summed E-state index contributed by atoms with van der Waals surface area (Å²) in [5, 5.41) is 2.33. The van der Waals surface area contributed by atoms with E-state index in [-0.39, 0.29) is 5.97 Å². The Labute approximate surface area is 193 Å². The van der Waals surface area contributed by atoms with Crippen molar-refractivity contribution in [2.45, 2.75) is 26.5 Å². The Morgan fingerprint density at radius 1 is 0.727 bits per heavy atom. The predicted octanol–water partition coefficient (Wildman–Crippen LogP) is 6.74. The van der Waals surface area contributed by atoms with E-state index in [1.165, 1.54) is 10.9 Å². The zero-order valence-electron chi connectivity index (χ0n) is 18.5. The van der Waals surface area contributed by atoms with Gasteiger partial charge in [0.1, 0.15) is 18.1 Å². The molecule has 164 valence electrons. The van der Waals surface area contributed by atoms with Crippen molar-refractivity contribution in [2.75, 3.05) is 0 Å². The average Bonchev–Trinajstić information content (AvgIpc) is 3.17. The first-order chi connectivity index (χ1) is 16.2. The van der Waals surface area contributed by atoms with Crippen LogP contribution in [0.2, 0.25) is 0 Å². The molecule has 0 bridgehead atoms. The SMILES string of the molecule is CCC(=O)Oc1ccc2c3ccccc3n(Cc3ccc(OCc4ccccc4)cc3)c2c1. The van der Waals surface area contributed by atoms with Crippen LogP contribution in [-0.4, -0.2) is 10.5 Å². The monoisotopic (exact) mass is 435 g/mol. The normalized spacial score (nSPS) is 11.1. The Morgan fingerprint density at radius 2 is 1.42 bits per heavy atom. The van der Waals surface area contributed by atoms with E-state index in [4.69, 9.17) is 9.47 Å². The van der Waals surface area contributed by atoms with Gasteiger partial charge in [0.2, 0.25) is 0 Å². The van der Waals surface area contributed by atoms with Crippen LogP contribution in [0.4, 0.5) is 0 Å². The summed E-state index contributed by atoms with van der Waals surface area (Å²) in [4.78, 5) is 11.8. The number of esters is 1. The topological polar surface area (TPSA) is 40.5 Å². The minimum absolute atomic E-state index is 0.233. The number of ether oxygens (including phenoxy) is 2. The summed E-state index contributed by atoms with van der Waals surface area (Å²) in [7, 11) is 0. The third kappa shape index (κ3) is 4.46. The van der Waals surface area contributed by atoms with Crippen molar-refractivity contribution in [3.63, 3.8) is 0 Å². The van der Waals surface area contributed by atoms with E-state index in [1.807, 2.05) is 48.5 Å². The minimum Gasteiger partial charge on any atom is -0.489 e. The maximum Gasteiger partial charge on any atom is 0.310 e. The number of carbonyl (C=O) groups excluding carboxylic acids is 1. The molecule has 1 heterocycles. The smallest absolute Gasteiger partial charge is 0.310 e. The van der Waals surface area contributed by atoms with Crippen LogP contribution in [0.5, 0.6) is 11.5 Å². The quantitative estimate of drug-likeness (QED) is 0.210. The predicted molar refractivity (Wildman–Crippen MR) is 132 cm³/mol. The molecule has 4 heteroatoms. The molecule has 0 aliphatic rings. The molecule has 0 amide bonds. The second-order valence-corrected chi connectivity index (χ2v) is 8.03. The highest BCUT2D eigenvalue weighted by Gasteiger charge is 2.13. The van der Waals surface area contributed by atoms with Gasteiger partial charge in [-0.2, -0.15) is 0 Å². The van der Waals surface area contributed by atoms with E-state index in [9.17, 15) is 4.79 Å². The van der Waals surface area contributed by atoms with Gasteiger partial charge in [-0.1, -0.05) is 67.6 Å². The van der Waals surface area contributed by atoms with Crippen molar-refractivity contribution in [1.29, 1.82) is 0 Å². The first kappa shape index (κ1) is 20.8. The standard InChI is InChI=1S/C29H25NO3/c1-2-29(31)33-24-16-17-26-25-10-6-7-11-27(25)30(28(26)18-24)19-21-12-14-23(15-13-21)32-20-22-8-4-3-5-9-22/h3-18H,2,19-20H2,1H3. The van der Waals surface area contributed by atoms with Gasteiger partial charge < -0.3 is 14.0 Å². The fourth-order valence-corrected chi connectivity index (χ4v) is 4.08. The van der Waals surface area contributed by atoms with E-state index in [0.717, 1.165) is 27.7 Å². The lowest BCUT2D eigenvalue weighted by atomic mass is 10.1. The highest BCUT2D eigenvalue weighted by Crippen LogP contribution is 2.32. The number of carbonyl (C=O) groups is 1. The molecule has 0 saturated heterocycles. The van der Waals surface area contributed by atoms with Gasteiger partial charge in [0.25, 0.3) is 0 Å². The lowest BCUT2D eigenvalue weighted by molar-refractivity contribution is -0.134. The summed E-state index contributed by atoms with van der Waals surface area (Å²) in [5.41, 5.74) is 4.50. The van der Waals surface area contributed by atoms with Gasteiger partial charge in [-0.15, -0.1) is 0 Å². The molecule has 0 aliphatic heterocycles. The van der Waals surface area contributed by atoms with E-state index in [1.54, 1.807) is 6.92 Å². The zero-order valence-corrected chi connectivity index (χ0v) is 18.5. The molecular weight excluding hydrogens is 410 g/mol. The molecule has 0 fully saturated rings. The lowest BCUT2D eigenvalue weighted by Gasteiger charge is -2.11. The number of aromatic nitrogens is 1. The number of hydrogen-bond acceptors (Lipinski definition) is 3. The van der Waals surface area contributed by atoms with Crippen LogP contribution in [0.1, 0.15) is 24.5 Å². The number of benzene rings is 4. The average molecular weight is 436 g/mol. The van der Waals surface area contributed by atoms with Crippen molar-refractivity contribution in [1.82, 2.24) is 4.57 Å². The van der Waals surface area contributed by atoms with Crippen molar-refractivity contribution in [2.24, 2.45) is 0 Å². The molecule has 0 spiro atoms. The van der Waals surface area contributed by atoms with Crippen LogP contribution in [0.3, 0.4) is 0 Å². The van der Waals surface area contributed by atoms with Gasteiger partial charge in [0.05, 0.1) is 5.52 Å². The maximum atomic E-state index is 11.8. The number of fused-ring (bicyclic) bond motifs is 3. The molecule has 5 rings (SSSR count). The Balaban J connectivity index is 1.43. The van der Waals surface area contributed by atoms with Crippen molar-refractivity contribution >= 4 is 27.8 Å². The van der Waals surface area contributed by atoms with Crippen LogP contribution in [-0.2, 0) is 17.9 Å². The molecule has 4 aromatic carbocycles. The van der Waals surface area contributed by atoms with Gasteiger partial charge in [-0.3, -0.25) is 4.79 Å². The van der Waals surface area contributed by atoms with E-state index >= 15 is 0 Å². The molecule has 5 aromatic rings. The first-order valence-electron chi connectivity index (χ1n) is 11.2. The van der Waals surface area contributed by atoms with Crippen LogP contribution in [0.15, 0.2) is 97.1 Å². The minimum atomic E-state index is -0.233. The molecule has 1 aromatic heterocycles. The second-order valence-electron chi connectivity index (χ2n) is 8.03. The molecule has 0 aliphatic carbocycles. The van der Waals surface area contributed by atoms with Crippen LogP contribution >= 0.6 is 0 Å². The van der Waals surface area contributed by atoms with Gasteiger partial charge in [0.15, 0.2) is 0 Å². The summed E-state index contributed by atoms with van der Waals surface area (Å²) < 4.78 is 13.7. The molecule has 0 atom stereocenters. The van der Waals surface area contributed by atoms with Crippen molar-refractivity contribution in [3.8, 4) is 11.5 Å². The van der Waals surface area contributed by atoms with Crippen LogP contribution in [0, 0.1) is 0 Å². The van der Waals surface area contributed by atoms with Crippen molar-refractivity contribution < 1.29 is 14.3 Å². The van der Waals surface area contributed by atoms with Gasteiger partial charge >= 0.3 is 5.97 Å². The molecule has 33 heavy (non-hydrogen) atoms. The number of nitrogens with zero attached hydrogens (tertiary/aromatic N) is 1. The fourth-order valence-electron chi connectivity index (χ4n) is 4.08. The van der Waals surface area contributed by atoms with Gasteiger partial charge in [0, 0.05) is 35.3 Å². The van der Waals surface area contributed by atoms with Gasteiger partial charge in [-0.05, 0) is 41.5 Å². The Hall–Kier alpha value is -4.05. The summed E-state index contributed by atoms with van der Waals surface area (Å²) in [6, 6.07) is 32.6. The van der Waals surface area contributed by atoms with Crippen molar-refractivity contribution in [3.05, 3.63) is 108 Å². The second kappa shape index (κ2) is 9.21. The van der Waals surface area contributed by atoms with Gasteiger partial charge in [-0.25, -0.2) is 0 Å². The Kier molecular flexibility index (Phi) is 5.81.